The van der Waals surface area contributed by atoms with E-state index in [-0.39, 0.29) is 5.69 Å². The molecule has 0 fully saturated rings. The lowest BCUT2D eigenvalue weighted by molar-refractivity contribution is -0.383. The van der Waals surface area contributed by atoms with E-state index in [1.165, 1.54) is 17.4 Å². The number of nitrogens with one attached hydrogen (secondary N) is 1. The highest BCUT2D eigenvalue weighted by Crippen LogP contribution is 2.28. The van der Waals surface area contributed by atoms with Gasteiger partial charge in [-0.05, 0) is 23.6 Å². The first-order valence-corrected chi connectivity index (χ1v) is 5.19. The summed E-state index contributed by atoms with van der Waals surface area (Å²) in [5.74, 6) is 0. The first-order valence-electron chi connectivity index (χ1n) is 4.31. The quantitative estimate of drug-likeness (QED) is 0.637. The van der Waals surface area contributed by atoms with Crippen LogP contribution in [0.3, 0.4) is 0 Å². The predicted octanol–water partition coefficient (Wildman–Crippen LogP) is 3.40. The van der Waals surface area contributed by atoms with E-state index in [4.69, 9.17) is 0 Å². The van der Waals surface area contributed by atoms with Gasteiger partial charge in [0.05, 0.1) is 9.92 Å². The van der Waals surface area contributed by atoms with E-state index < -0.39 is 4.92 Å². The molecule has 1 aromatic carbocycles. The number of nitro benzene ring substituents is 1. The third-order valence-electron chi connectivity index (χ3n) is 1.88. The van der Waals surface area contributed by atoms with Crippen LogP contribution < -0.4 is 5.32 Å². The highest BCUT2D eigenvalue weighted by atomic mass is 32.1. The fourth-order valence-electron chi connectivity index (χ4n) is 1.22. The van der Waals surface area contributed by atoms with Crippen molar-refractivity contribution < 1.29 is 4.92 Å². The lowest BCUT2D eigenvalue weighted by Crippen LogP contribution is -1.94. The molecule has 76 valence electrons. The molecule has 0 aliphatic heterocycles. The summed E-state index contributed by atoms with van der Waals surface area (Å²) >= 11 is 1.50. The molecule has 0 bridgehead atoms. The summed E-state index contributed by atoms with van der Waals surface area (Å²) in [5.41, 5.74) is 0.607. The molecule has 0 amide bonds. The Bertz CT molecular complexity index is 468. The van der Waals surface area contributed by atoms with Gasteiger partial charge in [-0.25, -0.2) is 0 Å². The number of para-hydroxylation sites is 2. The summed E-state index contributed by atoms with van der Waals surface area (Å²) in [7, 11) is 0. The SMILES string of the molecule is O=[N+]([O-])c1ccccc1Nc1cccs1. The molecule has 0 saturated carbocycles. The molecule has 1 N–H and O–H groups in total. The van der Waals surface area contributed by atoms with Crippen molar-refractivity contribution in [2.75, 3.05) is 5.32 Å². The van der Waals surface area contributed by atoms with Gasteiger partial charge in [0.1, 0.15) is 5.69 Å². The van der Waals surface area contributed by atoms with Gasteiger partial charge in [0.15, 0.2) is 0 Å². The number of rotatable bonds is 3. The number of anilines is 2. The molecule has 5 heteroatoms. The van der Waals surface area contributed by atoms with Crippen LogP contribution in [0, 0.1) is 10.1 Å². The zero-order valence-corrected chi connectivity index (χ0v) is 8.53. The van der Waals surface area contributed by atoms with E-state index in [2.05, 4.69) is 5.32 Å². The Morgan fingerprint density at radius 3 is 2.67 bits per heavy atom. The summed E-state index contributed by atoms with van der Waals surface area (Å²) in [6, 6.07) is 10.4. The number of hydrogen-bond donors (Lipinski definition) is 1. The monoisotopic (exact) mass is 220 g/mol. The Morgan fingerprint density at radius 2 is 2.00 bits per heavy atom. The van der Waals surface area contributed by atoms with E-state index in [0.29, 0.717) is 5.69 Å². The van der Waals surface area contributed by atoms with Crippen LogP contribution in [-0.4, -0.2) is 4.92 Å². The highest BCUT2D eigenvalue weighted by Gasteiger charge is 2.11. The molecular weight excluding hydrogens is 212 g/mol. The zero-order chi connectivity index (χ0) is 10.7. The van der Waals surface area contributed by atoms with E-state index >= 15 is 0 Å². The highest BCUT2D eigenvalue weighted by molar-refractivity contribution is 7.14. The standard InChI is InChI=1S/C10H8N2O2S/c13-12(14)9-5-2-1-4-8(9)11-10-6-3-7-15-10/h1-7,11H. The van der Waals surface area contributed by atoms with Crippen LogP contribution >= 0.6 is 11.3 Å². The van der Waals surface area contributed by atoms with Gasteiger partial charge in [-0.1, -0.05) is 12.1 Å². The minimum Gasteiger partial charge on any atom is -0.342 e. The molecule has 4 nitrogen and oxygen atoms in total. The second-order valence-corrected chi connectivity index (χ2v) is 3.82. The smallest absolute Gasteiger partial charge is 0.292 e. The van der Waals surface area contributed by atoms with Gasteiger partial charge >= 0.3 is 0 Å². The van der Waals surface area contributed by atoms with Gasteiger partial charge in [-0.2, -0.15) is 0 Å². The topological polar surface area (TPSA) is 55.2 Å². The number of benzene rings is 1. The molecule has 0 spiro atoms. The van der Waals surface area contributed by atoms with Crippen LogP contribution in [0.25, 0.3) is 0 Å². The largest absolute Gasteiger partial charge is 0.342 e. The minimum atomic E-state index is -0.393. The summed E-state index contributed by atoms with van der Waals surface area (Å²) in [4.78, 5) is 10.3. The molecule has 0 atom stereocenters. The Hall–Kier alpha value is -1.88. The van der Waals surface area contributed by atoms with Gasteiger partial charge in [-0.15, -0.1) is 11.3 Å². The fraction of sp³-hybridized carbons (Fsp3) is 0. The first kappa shape index (κ1) is 9.67. The van der Waals surface area contributed by atoms with E-state index in [0.717, 1.165) is 5.00 Å². The normalized spacial score (nSPS) is 9.87. The molecule has 0 radical (unpaired) electrons. The fourth-order valence-corrected chi connectivity index (χ4v) is 1.85. The van der Waals surface area contributed by atoms with Crippen LogP contribution in [-0.2, 0) is 0 Å². The lowest BCUT2D eigenvalue weighted by Gasteiger charge is -2.03. The van der Waals surface area contributed by atoms with Gasteiger partial charge in [-0.3, -0.25) is 10.1 Å². The maximum Gasteiger partial charge on any atom is 0.292 e. The Morgan fingerprint density at radius 1 is 1.20 bits per heavy atom. The van der Waals surface area contributed by atoms with Crippen molar-refractivity contribution in [2.45, 2.75) is 0 Å². The zero-order valence-electron chi connectivity index (χ0n) is 7.71. The average molecular weight is 220 g/mol. The second kappa shape index (κ2) is 4.10. The van der Waals surface area contributed by atoms with Crippen molar-refractivity contribution in [2.24, 2.45) is 0 Å². The van der Waals surface area contributed by atoms with Crippen molar-refractivity contribution in [1.82, 2.24) is 0 Å². The summed E-state index contributed by atoms with van der Waals surface area (Å²) in [6.07, 6.45) is 0. The Balaban J connectivity index is 2.32. The van der Waals surface area contributed by atoms with Crippen molar-refractivity contribution in [3.8, 4) is 0 Å². The van der Waals surface area contributed by atoms with E-state index in [1.807, 2.05) is 17.5 Å². The number of hydrogen-bond acceptors (Lipinski definition) is 4. The van der Waals surface area contributed by atoms with Gasteiger partial charge < -0.3 is 5.32 Å². The van der Waals surface area contributed by atoms with Gasteiger partial charge in [0.25, 0.3) is 5.69 Å². The second-order valence-electron chi connectivity index (χ2n) is 2.88. The molecule has 0 aliphatic carbocycles. The van der Waals surface area contributed by atoms with Crippen LogP contribution in [0.2, 0.25) is 0 Å². The van der Waals surface area contributed by atoms with Crippen molar-refractivity contribution >= 4 is 27.7 Å². The number of nitro groups is 1. The lowest BCUT2D eigenvalue weighted by atomic mass is 10.3. The minimum absolute atomic E-state index is 0.0888. The molecule has 0 aliphatic rings. The molecule has 2 aromatic rings. The summed E-state index contributed by atoms with van der Waals surface area (Å²) < 4.78 is 0. The van der Waals surface area contributed by atoms with Crippen LogP contribution in [0.4, 0.5) is 16.4 Å². The molecule has 2 rings (SSSR count). The van der Waals surface area contributed by atoms with Crippen LogP contribution in [0.1, 0.15) is 0 Å². The van der Waals surface area contributed by atoms with Gasteiger partial charge in [0, 0.05) is 6.07 Å². The van der Waals surface area contributed by atoms with Crippen LogP contribution in [0.15, 0.2) is 41.8 Å². The predicted molar refractivity (Wildman–Crippen MR) is 60.7 cm³/mol. The molecule has 0 saturated heterocycles. The first-order chi connectivity index (χ1) is 7.27. The molecule has 0 unspecified atom stereocenters. The van der Waals surface area contributed by atoms with E-state index in [1.54, 1.807) is 18.2 Å². The molecule has 15 heavy (non-hydrogen) atoms. The maximum atomic E-state index is 10.7. The molecule has 1 aromatic heterocycles. The number of nitrogens with zero attached hydrogens (tertiary/aromatic N) is 1. The Labute approximate surface area is 90.3 Å². The maximum absolute atomic E-state index is 10.7. The molecular formula is C10H8N2O2S. The van der Waals surface area contributed by atoms with Gasteiger partial charge in [0.2, 0.25) is 0 Å². The number of thiophene rings is 1. The summed E-state index contributed by atoms with van der Waals surface area (Å²) in [5, 5.41) is 16.5. The third-order valence-corrected chi connectivity index (χ3v) is 2.67. The van der Waals surface area contributed by atoms with Crippen molar-refractivity contribution in [3.63, 3.8) is 0 Å². The Kier molecular flexibility index (Phi) is 2.64. The van der Waals surface area contributed by atoms with Crippen molar-refractivity contribution in [1.29, 1.82) is 0 Å². The average Bonchev–Trinajstić information content (AvgIpc) is 2.71. The van der Waals surface area contributed by atoms with Crippen molar-refractivity contribution in [3.05, 3.63) is 51.9 Å². The third kappa shape index (κ3) is 2.13. The van der Waals surface area contributed by atoms with Crippen LogP contribution in [0.5, 0.6) is 0 Å². The summed E-state index contributed by atoms with van der Waals surface area (Å²) in [6.45, 7) is 0. The molecule has 1 heterocycles. The van der Waals surface area contributed by atoms with E-state index in [9.17, 15) is 10.1 Å².